The molecule has 0 saturated carbocycles. The molecule has 1 fully saturated rings. The minimum atomic E-state index is -0.214. The van der Waals surface area contributed by atoms with Crippen molar-refractivity contribution in [1.29, 1.82) is 5.26 Å². The number of hydrogen-bond donors (Lipinski definition) is 2. The summed E-state index contributed by atoms with van der Waals surface area (Å²) in [5, 5.41) is 14.2. The van der Waals surface area contributed by atoms with Crippen molar-refractivity contribution < 1.29 is 9.53 Å². The largest absolute Gasteiger partial charge is 0.479 e. The normalized spacial score (nSPS) is 14.6. The molecule has 0 spiro atoms. The summed E-state index contributed by atoms with van der Waals surface area (Å²) in [6, 6.07) is 19.3. The molecule has 1 aliphatic rings. The Morgan fingerprint density at radius 1 is 1.00 bits per heavy atom. The van der Waals surface area contributed by atoms with Gasteiger partial charge in [0.1, 0.15) is 11.8 Å². The molecule has 1 aliphatic heterocycles. The first-order valence-corrected chi connectivity index (χ1v) is 10.4. The second-order valence-corrected chi connectivity index (χ2v) is 7.31. The average molecular weight is 408 g/mol. The van der Waals surface area contributed by atoms with Crippen LogP contribution in [-0.2, 0) is 6.54 Å². The van der Waals surface area contributed by atoms with Gasteiger partial charge in [0.2, 0.25) is 0 Å². The van der Waals surface area contributed by atoms with E-state index in [1.807, 2.05) is 6.07 Å². The van der Waals surface area contributed by atoms with Crippen LogP contribution in [-0.4, -0.2) is 61.7 Å². The summed E-state index contributed by atoms with van der Waals surface area (Å²) in [5.41, 5.74) is 2.05. The van der Waals surface area contributed by atoms with Crippen LogP contribution in [0.4, 0.5) is 10.5 Å². The van der Waals surface area contributed by atoms with E-state index in [9.17, 15) is 4.79 Å². The number of carbonyl (C=O) groups excluding carboxylic acids is 1. The number of rotatable bonds is 9. The van der Waals surface area contributed by atoms with Gasteiger partial charge in [-0.15, -0.1) is 0 Å². The Balaban J connectivity index is 1.26. The number of amides is 2. The summed E-state index contributed by atoms with van der Waals surface area (Å²) in [7, 11) is 0. The van der Waals surface area contributed by atoms with Crippen molar-refractivity contribution in [1.82, 2.24) is 15.1 Å². The number of ether oxygens (including phenoxy) is 1. The maximum atomic E-state index is 12.0. The lowest BCUT2D eigenvalue weighted by molar-refractivity contribution is 0.126. The number of hydrogen-bond acceptors (Lipinski definition) is 5. The van der Waals surface area contributed by atoms with Gasteiger partial charge < -0.3 is 20.3 Å². The molecule has 7 heteroatoms. The van der Waals surface area contributed by atoms with Gasteiger partial charge in [0.15, 0.2) is 6.61 Å². The minimum Gasteiger partial charge on any atom is -0.479 e. The van der Waals surface area contributed by atoms with Gasteiger partial charge in [0, 0.05) is 45.0 Å². The molecule has 158 valence electrons. The Bertz CT molecular complexity index is 812. The van der Waals surface area contributed by atoms with E-state index in [2.05, 4.69) is 50.8 Å². The van der Waals surface area contributed by atoms with Gasteiger partial charge in [-0.05, 0) is 42.8 Å². The maximum Gasteiger partial charge on any atom is 0.319 e. The second kappa shape index (κ2) is 11.8. The van der Waals surface area contributed by atoms with Crippen LogP contribution in [0, 0.1) is 11.3 Å². The summed E-state index contributed by atoms with van der Waals surface area (Å²) in [4.78, 5) is 17.0. The number of urea groups is 1. The van der Waals surface area contributed by atoms with Crippen LogP contribution in [0.1, 0.15) is 12.0 Å². The van der Waals surface area contributed by atoms with E-state index in [1.54, 1.807) is 24.3 Å². The zero-order valence-electron chi connectivity index (χ0n) is 17.2. The zero-order valence-corrected chi connectivity index (χ0v) is 17.2. The fraction of sp³-hybridized carbons (Fsp3) is 0.391. The highest BCUT2D eigenvalue weighted by atomic mass is 16.5. The number of carbonyl (C=O) groups is 1. The van der Waals surface area contributed by atoms with Gasteiger partial charge in [-0.3, -0.25) is 4.90 Å². The summed E-state index contributed by atoms with van der Waals surface area (Å²) >= 11 is 0. The Kier molecular flexibility index (Phi) is 8.51. The standard InChI is InChI=1S/C23H29N5O2/c24-11-18-30-22-9-7-21(8-10-22)26-23(29)25-12-4-13-27-14-16-28(17-15-27)19-20-5-2-1-3-6-20/h1-3,5-10H,4,12-19H2,(H2,25,26,29). The molecule has 0 radical (unpaired) electrons. The molecule has 1 saturated heterocycles. The fourth-order valence-electron chi connectivity index (χ4n) is 3.44. The number of anilines is 1. The third kappa shape index (κ3) is 7.39. The van der Waals surface area contributed by atoms with Crippen molar-refractivity contribution in [2.24, 2.45) is 0 Å². The molecule has 0 atom stereocenters. The molecule has 0 bridgehead atoms. The molecule has 2 aromatic rings. The van der Waals surface area contributed by atoms with Gasteiger partial charge in [-0.25, -0.2) is 4.79 Å². The molecule has 0 unspecified atom stereocenters. The molecular weight excluding hydrogens is 378 g/mol. The minimum absolute atomic E-state index is 0.00926. The van der Waals surface area contributed by atoms with Gasteiger partial charge in [0.25, 0.3) is 0 Å². The highest BCUT2D eigenvalue weighted by molar-refractivity contribution is 5.89. The molecule has 7 nitrogen and oxygen atoms in total. The number of benzene rings is 2. The smallest absolute Gasteiger partial charge is 0.319 e. The van der Waals surface area contributed by atoms with Crippen LogP contribution in [0.5, 0.6) is 5.75 Å². The number of nitrogens with zero attached hydrogens (tertiary/aromatic N) is 3. The molecule has 2 aromatic carbocycles. The SMILES string of the molecule is N#CCOc1ccc(NC(=O)NCCCN2CCN(Cc3ccccc3)CC2)cc1. The lowest BCUT2D eigenvalue weighted by Crippen LogP contribution is -2.46. The van der Waals surface area contributed by atoms with E-state index in [1.165, 1.54) is 5.56 Å². The Morgan fingerprint density at radius 3 is 2.40 bits per heavy atom. The lowest BCUT2D eigenvalue weighted by Gasteiger charge is -2.34. The highest BCUT2D eigenvalue weighted by Gasteiger charge is 2.16. The highest BCUT2D eigenvalue weighted by Crippen LogP contribution is 2.15. The van der Waals surface area contributed by atoms with E-state index >= 15 is 0 Å². The van der Waals surface area contributed by atoms with Gasteiger partial charge in [0.05, 0.1) is 0 Å². The van der Waals surface area contributed by atoms with E-state index in [4.69, 9.17) is 10.00 Å². The topological polar surface area (TPSA) is 80.6 Å². The first-order valence-electron chi connectivity index (χ1n) is 10.4. The number of piperazine rings is 1. The van der Waals surface area contributed by atoms with Crippen molar-refractivity contribution in [3.05, 3.63) is 60.2 Å². The second-order valence-electron chi connectivity index (χ2n) is 7.31. The molecule has 2 N–H and O–H groups in total. The summed E-state index contributed by atoms with van der Waals surface area (Å²) in [6.45, 7) is 6.95. The number of nitriles is 1. The summed E-state index contributed by atoms with van der Waals surface area (Å²) in [6.07, 6.45) is 0.924. The van der Waals surface area contributed by atoms with Crippen LogP contribution < -0.4 is 15.4 Å². The van der Waals surface area contributed by atoms with Crippen molar-refractivity contribution >= 4 is 11.7 Å². The predicted octanol–water partition coefficient (Wildman–Crippen LogP) is 2.92. The maximum absolute atomic E-state index is 12.0. The average Bonchev–Trinajstić information content (AvgIpc) is 2.78. The van der Waals surface area contributed by atoms with Crippen LogP contribution >= 0.6 is 0 Å². The third-order valence-electron chi connectivity index (χ3n) is 5.07. The molecular formula is C23H29N5O2. The van der Waals surface area contributed by atoms with Crippen LogP contribution in [0.3, 0.4) is 0 Å². The van der Waals surface area contributed by atoms with E-state index in [-0.39, 0.29) is 12.6 Å². The van der Waals surface area contributed by atoms with Crippen LogP contribution in [0.15, 0.2) is 54.6 Å². The van der Waals surface area contributed by atoms with Gasteiger partial charge in [-0.1, -0.05) is 30.3 Å². The Hall–Kier alpha value is -3.08. The van der Waals surface area contributed by atoms with Crippen molar-refractivity contribution in [2.75, 3.05) is 51.2 Å². The summed E-state index contributed by atoms with van der Waals surface area (Å²) < 4.78 is 5.19. The molecule has 0 aliphatic carbocycles. The van der Waals surface area contributed by atoms with E-state index in [0.29, 0.717) is 18.0 Å². The van der Waals surface area contributed by atoms with E-state index < -0.39 is 0 Å². The van der Waals surface area contributed by atoms with Gasteiger partial charge >= 0.3 is 6.03 Å². The van der Waals surface area contributed by atoms with Gasteiger partial charge in [-0.2, -0.15) is 5.26 Å². The molecule has 2 amide bonds. The monoisotopic (exact) mass is 407 g/mol. The van der Waals surface area contributed by atoms with E-state index in [0.717, 1.165) is 45.7 Å². The van der Waals surface area contributed by atoms with Crippen molar-refractivity contribution in [2.45, 2.75) is 13.0 Å². The molecule has 30 heavy (non-hydrogen) atoms. The van der Waals surface area contributed by atoms with Crippen LogP contribution in [0.25, 0.3) is 0 Å². The number of nitrogens with one attached hydrogen (secondary N) is 2. The first kappa shape index (κ1) is 21.6. The fourth-order valence-corrected chi connectivity index (χ4v) is 3.44. The molecule has 1 heterocycles. The molecule has 3 rings (SSSR count). The molecule has 0 aromatic heterocycles. The quantitative estimate of drug-likeness (QED) is 0.625. The van der Waals surface area contributed by atoms with Crippen molar-refractivity contribution in [3.8, 4) is 11.8 Å². The zero-order chi connectivity index (χ0) is 21.0. The third-order valence-corrected chi connectivity index (χ3v) is 5.07. The first-order chi connectivity index (χ1) is 14.7. The Labute approximate surface area is 178 Å². The van der Waals surface area contributed by atoms with Crippen LogP contribution in [0.2, 0.25) is 0 Å². The predicted molar refractivity (Wildman–Crippen MR) is 117 cm³/mol. The van der Waals surface area contributed by atoms with Crippen molar-refractivity contribution in [3.63, 3.8) is 0 Å². The summed E-state index contributed by atoms with van der Waals surface area (Å²) in [5.74, 6) is 0.603. The lowest BCUT2D eigenvalue weighted by atomic mass is 10.2. The Morgan fingerprint density at radius 2 is 1.70 bits per heavy atom.